The summed E-state index contributed by atoms with van der Waals surface area (Å²) >= 11 is 1.39. The number of aryl methyl sites for hydroxylation is 1. The highest BCUT2D eigenvalue weighted by molar-refractivity contribution is 7.17. The molecule has 1 aromatic carbocycles. The van der Waals surface area contributed by atoms with Crippen molar-refractivity contribution in [3.05, 3.63) is 61.6 Å². The van der Waals surface area contributed by atoms with E-state index in [9.17, 15) is 14.4 Å². The van der Waals surface area contributed by atoms with Crippen LogP contribution >= 0.6 is 11.3 Å². The van der Waals surface area contributed by atoms with Crippen molar-refractivity contribution < 1.29 is 23.7 Å². The molecule has 1 atom stereocenters. The lowest BCUT2D eigenvalue weighted by Gasteiger charge is -2.43. The van der Waals surface area contributed by atoms with Crippen molar-refractivity contribution in [1.82, 2.24) is 9.13 Å². The number of esters is 1. The van der Waals surface area contributed by atoms with E-state index in [1.807, 2.05) is 43.5 Å². The zero-order chi connectivity index (χ0) is 27.0. The average molecular weight is 543 g/mol. The van der Waals surface area contributed by atoms with E-state index in [2.05, 4.69) is 0 Å². The summed E-state index contributed by atoms with van der Waals surface area (Å²) in [7, 11) is 2.98. The van der Waals surface area contributed by atoms with Crippen LogP contribution in [0.1, 0.15) is 55.9 Å². The summed E-state index contributed by atoms with van der Waals surface area (Å²) in [4.78, 5) is 40.5. The smallest absolute Gasteiger partial charge is 0.332 e. The number of thiophene rings is 1. The third-order valence-electron chi connectivity index (χ3n) is 7.85. The number of carbonyl (C=O) groups is 1. The van der Waals surface area contributed by atoms with Gasteiger partial charge < -0.3 is 18.9 Å². The molecule has 0 bridgehead atoms. The maximum atomic E-state index is 14.0. The van der Waals surface area contributed by atoms with Gasteiger partial charge in [0.05, 0.1) is 37.7 Å². The van der Waals surface area contributed by atoms with E-state index < -0.39 is 17.2 Å². The van der Waals surface area contributed by atoms with Gasteiger partial charge in [-0.2, -0.15) is 0 Å². The van der Waals surface area contributed by atoms with Crippen LogP contribution in [0.25, 0.3) is 10.2 Å². The zero-order valence-corrected chi connectivity index (χ0v) is 23.0. The second-order valence-corrected chi connectivity index (χ2v) is 11.3. The number of ether oxygens (including phenoxy) is 4. The highest BCUT2D eigenvalue weighted by atomic mass is 32.1. The first-order valence-corrected chi connectivity index (χ1v) is 13.8. The standard InChI is InChI=1S/C28H34N2O7S/c1-17-16-38-25-23(17)24(31)30(18-13-28(2,14-18)26(32)35-4)27(33)29(25)15-22(37-19-9-11-36-12-10-19)20-7-5-6-8-21(20)34-3/h5-8,16,18-19,22H,9-15H2,1-4H3/t18?,22-,28?/m0/s1. The predicted octanol–water partition coefficient (Wildman–Crippen LogP) is 3.99. The maximum Gasteiger partial charge on any atom is 0.332 e. The van der Waals surface area contributed by atoms with Crippen LogP contribution in [0.4, 0.5) is 0 Å². The van der Waals surface area contributed by atoms with Gasteiger partial charge in [0.25, 0.3) is 5.56 Å². The number of carbonyl (C=O) groups excluding carboxylic acids is 1. The number of fused-ring (bicyclic) bond motifs is 1. The van der Waals surface area contributed by atoms with E-state index in [1.54, 1.807) is 11.7 Å². The van der Waals surface area contributed by atoms with E-state index in [0.29, 0.717) is 42.0 Å². The molecule has 1 aliphatic heterocycles. The molecule has 2 aliphatic rings. The van der Waals surface area contributed by atoms with Gasteiger partial charge >= 0.3 is 11.7 Å². The van der Waals surface area contributed by atoms with Crippen LogP contribution in [-0.2, 0) is 25.5 Å². The normalized spacial score (nSPS) is 22.7. The minimum Gasteiger partial charge on any atom is -0.496 e. The van der Waals surface area contributed by atoms with Gasteiger partial charge in [-0.1, -0.05) is 18.2 Å². The number of rotatable bonds is 8. The fourth-order valence-electron chi connectivity index (χ4n) is 5.73. The minimum absolute atomic E-state index is 0.0202. The van der Waals surface area contributed by atoms with E-state index >= 15 is 0 Å². The van der Waals surface area contributed by atoms with Gasteiger partial charge in [-0.3, -0.25) is 18.7 Å². The molecule has 2 fully saturated rings. The van der Waals surface area contributed by atoms with Gasteiger partial charge in [0.1, 0.15) is 16.7 Å². The van der Waals surface area contributed by atoms with Crippen molar-refractivity contribution >= 4 is 27.5 Å². The molecular formula is C28H34N2O7S. The molecule has 204 valence electrons. The molecule has 0 radical (unpaired) electrons. The molecule has 0 unspecified atom stereocenters. The molecule has 10 heteroatoms. The molecule has 2 aromatic heterocycles. The number of nitrogens with zero attached hydrogens (tertiary/aromatic N) is 2. The fraction of sp³-hybridized carbons (Fsp3) is 0.536. The van der Waals surface area contributed by atoms with Crippen LogP contribution in [0.3, 0.4) is 0 Å². The van der Waals surface area contributed by atoms with Crippen LogP contribution in [0.2, 0.25) is 0 Å². The van der Waals surface area contributed by atoms with Crippen molar-refractivity contribution in [2.45, 2.75) is 64.3 Å². The first-order valence-electron chi connectivity index (χ1n) is 12.9. The number of benzene rings is 1. The average Bonchev–Trinajstić information content (AvgIpc) is 3.30. The summed E-state index contributed by atoms with van der Waals surface area (Å²) < 4.78 is 25.7. The third kappa shape index (κ3) is 4.69. The number of methoxy groups -OCH3 is 2. The van der Waals surface area contributed by atoms with Crippen LogP contribution in [0.15, 0.2) is 39.2 Å². The van der Waals surface area contributed by atoms with Crippen LogP contribution in [0, 0.1) is 12.3 Å². The van der Waals surface area contributed by atoms with Gasteiger partial charge in [-0.25, -0.2) is 4.79 Å². The lowest BCUT2D eigenvalue weighted by molar-refractivity contribution is -0.159. The van der Waals surface area contributed by atoms with Crippen LogP contribution in [0.5, 0.6) is 5.75 Å². The Kier molecular flexibility index (Phi) is 7.48. The summed E-state index contributed by atoms with van der Waals surface area (Å²) in [6.07, 6.45) is 1.78. The second-order valence-electron chi connectivity index (χ2n) is 10.5. The van der Waals surface area contributed by atoms with E-state index in [-0.39, 0.29) is 30.2 Å². The Labute approximate surface area is 224 Å². The Morgan fingerprint density at radius 1 is 1.18 bits per heavy atom. The topological polar surface area (TPSA) is 98.0 Å². The molecule has 1 saturated carbocycles. The summed E-state index contributed by atoms with van der Waals surface area (Å²) in [5, 5.41) is 2.44. The van der Waals surface area contributed by atoms with Gasteiger partial charge in [0, 0.05) is 24.8 Å². The number of hydrogen-bond donors (Lipinski definition) is 0. The molecule has 1 saturated heterocycles. The van der Waals surface area contributed by atoms with Crippen molar-refractivity contribution in [2.75, 3.05) is 27.4 Å². The van der Waals surface area contributed by atoms with Crippen LogP contribution < -0.4 is 16.0 Å². The number of aromatic nitrogens is 2. The molecule has 3 heterocycles. The number of para-hydroxylation sites is 1. The van der Waals surface area contributed by atoms with Crippen molar-refractivity contribution in [3.63, 3.8) is 0 Å². The van der Waals surface area contributed by atoms with Gasteiger partial charge in [-0.05, 0) is 56.5 Å². The molecule has 1 aliphatic carbocycles. The Bertz CT molecular complexity index is 1440. The number of hydrogen-bond acceptors (Lipinski definition) is 8. The van der Waals surface area contributed by atoms with E-state index in [4.69, 9.17) is 18.9 Å². The Morgan fingerprint density at radius 3 is 2.58 bits per heavy atom. The van der Waals surface area contributed by atoms with Crippen molar-refractivity contribution in [1.29, 1.82) is 0 Å². The third-order valence-corrected chi connectivity index (χ3v) is 8.96. The lowest BCUT2D eigenvalue weighted by Crippen LogP contribution is -2.51. The Balaban J connectivity index is 1.59. The molecule has 0 spiro atoms. The highest BCUT2D eigenvalue weighted by Crippen LogP contribution is 2.48. The molecule has 3 aromatic rings. The second kappa shape index (κ2) is 10.7. The first kappa shape index (κ1) is 26.6. The van der Waals surface area contributed by atoms with Crippen LogP contribution in [-0.4, -0.2) is 48.6 Å². The molecule has 38 heavy (non-hydrogen) atoms. The predicted molar refractivity (Wildman–Crippen MR) is 144 cm³/mol. The van der Waals surface area contributed by atoms with Gasteiger partial charge in [0.15, 0.2) is 0 Å². The Hall–Kier alpha value is -2.95. The minimum atomic E-state index is -0.707. The maximum absolute atomic E-state index is 14.0. The quantitative estimate of drug-likeness (QED) is 0.397. The monoisotopic (exact) mass is 542 g/mol. The summed E-state index contributed by atoms with van der Waals surface area (Å²) in [5.74, 6) is 0.355. The van der Waals surface area contributed by atoms with Crippen molar-refractivity contribution in [2.24, 2.45) is 5.41 Å². The molecule has 0 amide bonds. The highest BCUT2D eigenvalue weighted by Gasteiger charge is 2.49. The van der Waals surface area contributed by atoms with Crippen molar-refractivity contribution in [3.8, 4) is 5.75 Å². The Morgan fingerprint density at radius 2 is 1.89 bits per heavy atom. The molecular weight excluding hydrogens is 508 g/mol. The van der Waals surface area contributed by atoms with Gasteiger partial charge in [-0.15, -0.1) is 11.3 Å². The zero-order valence-electron chi connectivity index (χ0n) is 22.2. The SMILES string of the molecule is COC(=O)C1(C)CC(n2c(=O)c3c(C)csc3n(C[C@H](OC3CCOCC3)c3ccccc3OC)c2=O)C1. The lowest BCUT2D eigenvalue weighted by atomic mass is 9.66. The largest absolute Gasteiger partial charge is 0.496 e. The molecule has 0 N–H and O–H groups in total. The first-order chi connectivity index (χ1) is 18.3. The van der Waals surface area contributed by atoms with Gasteiger partial charge in [0.2, 0.25) is 0 Å². The van der Waals surface area contributed by atoms with E-state index in [1.165, 1.54) is 23.0 Å². The molecule has 5 rings (SSSR count). The fourth-order valence-corrected chi connectivity index (χ4v) is 6.78. The summed E-state index contributed by atoms with van der Waals surface area (Å²) in [5.41, 5.74) is 0.259. The molecule has 9 nitrogen and oxygen atoms in total. The van der Waals surface area contributed by atoms with E-state index in [0.717, 1.165) is 24.0 Å². The summed E-state index contributed by atoms with van der Waals surface area (Å²) in [6, 6.07) is 7.28. The summed E-state index contributed by atoms with van der Waals surface area (Å²) in [6.45, 7) is 5.17.